The maximum atomic E-state index is 13.1. The van der Waals surface area contributed by atoms with Gasteiger partial charge in [-0.1, -0.05) is 44.2 Å². The molecule has 0 aliphatic rings. The van der Waals surface area contributed by atoms with E-state index in [4.69, 9.17) is 0 Å². The van der Waals surface area contributed by atoms with E-state index in [1.807, 2.05) is 35.2 Å². The van der Waals surface area contributed by atoms with Crippen LogP contribution >= 0.6 is 0 Å². The maximum Gasteiger partial charge on any atom is 0.230 e. The standard InChI is InChI=1S/C20H26N2O/c1-3-14-22(15-4-2)20(23)19(18-8-6-5-7-9-18)16-17-10-12-21-13-11-17/h5-13,19H,3-4,14-16H2,1-2H3. The van der Waals surface area contributed by atoms with Crippen LogP contribution in [0.3, 0.4) is 0 Å². The second kappa shape index (κ2) is 9.09. The average Bonchev–Trinajstić information content (AvgIpc) is 2.60. The van der Waals surface area contributed by atoms with Gasteiger partial charge in [-0.25, -0.2) is 0 Å². The summed E-state index contributed by atoms with van der Waals surface area (Å²) in [5.74, 6) is 0.105. The number of aromatic nitrogens is 1. The van der Waals surface area contributed by atoms with Crippen molar-refractivity contribution in [1.82, 2.24) is 9.88 Å². The Labute approximate surface area is 139 Å². The lowest BCUT2D eigenvalue weighted by Gasteiger charge is -2.27. The molecule has 0 bridgehead atoms. The lowest BCUT2D eigenvalue weighted by atomic mass is 9.91. The van der Waals surface area contributed by atoms with Crippen molar-refractivity contribution in [3.63, 3.8) is 0 Å². The summed E-state index contributed by atoms with van der Waals surface area (Å²) >= 11 is 0. The summed E-state index contributed by atoms with van der Waals surface area (Å²) in [6.45, 7) is 5.89. The molecule has 1 unspecified atom stereocenters. The van der Waals surface area contributed by atoms with Crippen molar-refractivity contribution in [1.29, 1.82) is 0 Å². The minimum absolute atomic E-state index is 0.128. The number of benzene rings is 1. The first-order valence-electron chi connectivity index (χ1n) is 8.48. The smallest absolute Gasteiger partial charge is 0.230 e. The van der Waals surface area contributed by atoms with Crippen LogP contribution in [0.5, 0.6) is 0 Å². The average molecular weight is 310 g/mol. The molecule has 0 fully saturated rings. The molecule has 122 valence electrons. The van der Waals surface area contributed by atoms with Gasteiger partial charge >= 0.3 is 0 Å². The number of rotatable bonds is 8. The number of hydrogen-bond donors (Lipinski definition) is 0. The van der Waals surface area contributed by atoms with E-state index < -0.39 is 0 Å². The molecule has 1 amide bonds. The van der Waals surface area contributed by atoms with E-state index in [1.165, 1.54) is 0 Å². The molecule has 1 aromatic carbocycles. The summed E-state index contributed by atoms with van der Waals surface area (Å²) in [6.07, 6.45) is 6.27. The number of pyridine rings is 1. The van der Waals surface area contributed by atoms with Crippen LogP contribution in [0.15, 0.2) is 54.9 Å². The summed E-state index contributed by atoms with van der Waals surface area (Å²) < 4.78 is 0. The van der Waals surface area contributed by atoms with Crippen LogP contribution in [0.25, 0.3) is 0 Å². The van der Waals surface area contributed by atoms with Gasteiger partial charge in [0, 0.05) is 25.5 Å². The van der Waals surface area contributed by atoms with Crippen LogP contribution < -0.4 is 0 Å². The Balaban J connectivity index is 2.27. The second-order valence-corrected chi connectivity index (χ2v) is 5.85. The Morgan fingerprint density at radius 1 is 1.00 bits per heavy atom. The lowest BCUT2D eigenvalue weighted by Crippen LogP contribution is -2.37. The predicted octanol–water partition coefficient (Wildman–Crippen LogP) is 4.06. The Hall–Kier alpha value is -2.16. The highest BCUT2D eigenvalue weighted by molar-refractivity contribution is 5.84. The first-order chi connectivity index (χ1) is 11.3. The Morgan fingerprint density at radius 3 is 2.17 bits per heavy atom. The molecule has 1 heterocycles. The fraction of sp³-hybridized carbons (Fsp3) is 0.400. The Bertz CT molecular complexity index is 577. The van der Waals surface area contributed by atoms with Crippen LogP contribution in [-0.4, -0.2) is 28.9 Å². The van der Waals surface area contributed by atoms with Crippen molar-refractivity contribution in [2.45, 2.75) is 39.0 Å². The number of carbonyl (C=O) groups is 1. The highest BCUT2D eigenvalue weighted by Crippen LogP contribution is 2.23. The molecule has 1 aromatic heterocycles. The summed E-state index contributed by atoms with van der Waals surface area (Å²) in [4.78, 5) is 19.2. The van der Waals surface area contributed by atoms with Crippen molar-refractivity contribution < 1.29 is 4.79 Å². The highest BCUT2D eigenvalue weighted by Gasteiger charge is 2.25. The molecule has 0 spiro atoms. The molecule has 2 rings (SSSR count). The van der Waals surface area contributed by atoms with Crippen molar-refractivity contribution in [2.75, 3.05) is 13.1 Å². The quantitative estimate of drug-likeness (QED) is 0.737. The minimum atomic E-state index is -0.128. The lowest BCUT2D eigenvalue weighted by molar-refractivity contribution is -0.133. The van der Waals surface area contributed by atoms with E-state index in [1.54, 1.807) is 12.4 Å². The van der Waals surface area contributed by atoms with E-state index >= 15 is 0 Å². The number of amides is 1. The van der Waals surface area contributed by atoms with Crippen molar-refractivity contribution >= 4 is 5.91 Å². The van der Waals surface area contributed by atoms with Gasteiger partial charge in [0.1, 0.15) is 0 Å². The SMILES string of the molecule is CCCN(CCC)C(=O)C(Cc1ccncc1)c1ccccc1. The first-order valence-corrected chi connectivity index (χ1v) is 8.48. The molecule has 23 heavy (non-hydrogen) atoms. The Morgan fingerprint density at radius 2 is 1.61 bits per heavy atom. The fourth-order valence-corrected chi connectivity index (χ4v) is 2.88. The molecule has 3 heteroatoms. The van der Waals surface area contributed by atoms with E-state index in [-0.39, 0.29) is 11.8 Å². The highest BCUT2D eigenvalue weighted by atomic mass is 16.2. The number of carbonyl (C=O) groups excluding carboxylic acids is 1. The molecule has 1 atom stereocenters. The third-order valence-corrected chi connectivity index (χ3v) is 3.99. The summed E-state index contributed by atoms with van der Waals surface area (Å²) in [6, 6.07) is 14.1. The third-order valence-electron chi connectivity index (χ3n) is 3.99. The van der Waals surface area contributed by atoms with Gasteiger partial charge in [-0.2, -0.15) is 0 Å². The van der Waals surface area contributed by atoms with Gasteiger partial charge in [0.15, 0.2) is 0 Å². The predicted molar refractivity (Wildman–Crippen MR) is 94.3 cm³/mol. The normalized spacial score (nSPS) is 11.9. The maximum absolute atomic E-state index is 13.1. The molecule has 3 nitrogen and oxygen atoms in total. The second-order valence-electron chi connectivity index (χ2n) is 5.85. The summed E-state index contributed by atoms with van der Waals surface area (Å²) in [7, 11) is 0. The Kier molecular flexibility index (Phi) is 6.79. The van der Waals surface area contributed by atoms with Gasteiger partial charge in [-0.3, -0.25) is 9.78 Å². The van der Waals surface area contributed by atoms with Crippen LogP contribution in [0.4, 0.5) is 0 Å². The molecule has 0 saturated heterocycles. The number of hydrogen-bond acceptors (Lipinski definition) is 2. The van der Waals surface area contributed by atoms with Gasteiger partial charge < -0.3 is 4.90 Å². The van der Waals surface area contributed by atoms with E-state index in [0.29, 0.717) is 0 Å². The fourth-order valence-electron chi connectivity index (χ4n) is 2.88. The van der Waals surface area contributed by atoms with Crippen molar-refractivity contribution in [2.24, 2.45) is 0 Å². The monoisotopic (exact) mass is 310 g/mol. The van der Waals surface area contributed by atoms with Crippen LogP contribution in [-0.2, 0) is 11.2 Å². The molecular weight excluding hydrogens is 284 g/mol. The van der Waals surface area contributed by atoms with E-state index in [9.17, 15) is 4.79 Å². The summed E-state index contributed by atoms with van der Waals surface area (Å²) in [5.41, 5.74) is 2.24. The number of nitrogens with zero attached hydrogens (tertiary/aromatic N) is 2. The van der Waals surface area contributed by atoms with Crippen molar-refractivity contribution in [3.05, 3.63) is 66.0 Å². The topological polar surface area (TPSA) is 33.2 Å². The van der Waals surface area contributed by atoms with Gasteiger partial charge in [0.25, 0.3) is 0 Å². The van der Waals surface area contributed by atoms with E-state index in [0.717, 1.165) is 43.5 Å². The molecular formula is C20H26N2O. The van der Waals surface area contributed by atoms with Crippen LogP contribution in [0.1, 0.15) is 43.7 Å². The molecule has 2 aromatic rings. The molecule has 0 aliphatic carbocycles. The zero-order valence-electron chi connectivity index (χ0n) is 14.1. The molecule has 0 saturated carbocycles. The molecule has 0 radical (unpaired) electrons. The first kappa shape index (κ1) is 17.2. The summed E-state index contributed by atoms with van der Waals surface area (Å²) in [5, 5.41) is 0. The zero-order chi connectivity index (χ0) is 16.5. The molecule has 0 N–H and O–H groups in total. The largest absolute Gasteiger partial charge is 0.342 e. The van der Waals surface area contributed by atoms with Crippen LogP contribution in [0.2, 0.25) is 0 Å². The minimum Gasteiger partial charge on any atom is -0.342 e. The molecule has 0 aliphatic heterocycles. The van der Waals surface area contributed by atoms with Gasteiger partial charge in [0.05, 0.1) is 5.92 Å². The van der Waals surface area contributed by atoms with Crippen LogP contribution in [0, 0.1) is 0 Å². The third kappa shape index (κ3) is 4.92. The van der Waals surface area contributed by atoms with Gasteiger partial charge in [-0.15, -0.1) is 0 Å². The van der Waals surface area contributed by atoms with E-state index in [2.05, 4.69) is 31.0 Å². The van der Waals surface area contributed by atoms with Gasteiger partial charge in [0.2, 0.25) is 5.91 Å². The van der Waals surface area contributed by atoms with Gasteiger partial charge in [-0.05, 0) is 42.5 Å². The zero-order valence-corrected chi connectivity index (χ0v) is 14.1. The van der Waals surface area contributed by atoms with Crippen molar-refractivity contribution in [3.8, 4) is 0 Å².